The van der Waals surface area contributed by atoms with Crippen molar-refractivity contribution in [2.24, 2.45) is 11.3 Å². The molecule has 1 fully saturated rings. The second-order valence-corrected chi connectivity index (χ2v) is 6.93. The van der Waals surface area contributed by atoms with E-state index in [4.69, 9.17) is 4.74 Å². The lowest BCUT2D eigenvalue weighted by atomic mass is 9.80. The number of rotatable bonds is 0. The summed E-state index contributed by atoms with van der Waals surface area (Å²) in [4.78, 5) is 11.7. The van der Waals surface area contributed by atoms with E-state index in [1.54, 1.807) is 0 Å². The topological polar surface area (TPSA) is 46.5 Å². The number of esters is 1. The van der Waals surface area contributed by atoms with Crippen molar-refractivity contribution in [1.82, 2.24) is 0 Å². The minimum Gasteiger partial charge on any atom is -0.457 e. The van der Waals surface area contributed by atoms with E-state index in [0.29, 0.717) is 18.6 Å². The molecular weight excluding hydrogens is 228 g/mol. The third-order valence-electron chi connectivity index (χ3n) is 4.52. The number of hydrogen-bond donors (Lipinski definition) is 1. The summed E-state index contributed by atoms with van der Waals surface area (Å²) in [6.07, 6.45) is 4.52. The Morgan fingerprint density at radius 1 is 1.33 bits per heavy atom. The summed E-state index contributed by atoms with van der Waals surface area (Å²) in [5.41, 5.74) is 2.35. The maximum absolute atomic E-state index is 11.7. The third kappa shape index (κ3) is 1.72. The quantitative estimate of drug-likeness (QED) is 0.669. The third-order valence-corrected chi connectivity index (χ3v) is 4.52. The molecule has 0 aromatic rings. The highest BCUT2D eigenvalue weighted by molar-refractivity contribution is 5.93. The van der Waals surface area contributed by atoms with Gasteiger partial charge in [-0.3, -0.25) is 0 Å². The molecule has 3 aliphatic rings. The minimum absolute atomic E-state index is 0.172. The van der Waals surface area contributed by atoms with Gasteiger partial charge in [0, 0.05) is 17.9 Å². The van der Waals surface area contributed by atoms with E-state index in [-0.39, 0.29) is 17.3 Å². The molecule has 0 aromatic heterocycles. The molecule has 98 valence electrons. The van der Waals surface area contributed by atoms with Crippen molar-refractivity contribution >= 4 is 5.97 Å². The standard InChI is InChI=1S/C15H20O3/c1-14(2)5-9-4-10-8-18-13(16)11(10)6-15(3,17)12(9)7-14/h4,12,17H,5-8H2,1-3H3/t12-,15-/m0/s1. The van der Waals surface area contributed by atoms with E-state index in [2.05, 4.69) is 19.9 Å². The summed E-state index contributed by atoms with van der Waals surface area (Å²) in [6, 6.07) is 0. The van der Waals surface area contributed by atoms with Crippen LogP contribution >= 0.6 is 0 Å². The zero-order chi connectivity index (χ0) is 13.1. The van der Waals surface area contributed by atoms with Crippen LogP contribution in [-0.4, -0.2) is 23.3 Å². The first-order chi connectivity index (χ1) is 8.28. The van der Waals surface area contributed by atoms with Crippen molar-refractivity contribution in [3.05, 3.63) is 22.8 Å². The average molecular weight is 248 g/mol. The molecule has 0 aromatic carbocycles. The summed E-state index contributed by atoms with van der Waals surface area (Å²) in [6.45, 7) is 6.71. The van der Waals surface area contributed by atoms with Gasteiger partial charge in [0.15, 0.2) is 0 Å². The Morgan fingerprint density at radius 2 is 2.06 bits per heavy atom. The lowest BCUT2D eigenvalue weighted by molar-refractivity contribution is -0.136. The van der Waals surface area contributed by atoms with Gasteiger partial charge in [0.05, 0.1) is 5.60 Å². The largest absolute Gasteiger partial charge is 0.457 e. The maximum atomic E-state index is 11.7. The van der Waals surface area contributed by atoms with Crippen molar-refractivity contribution in [1.29, 1.82) is 0 Å². The predicted molar refractivity (Wildman–Crippen MR) is 67.8 cm³/mol. The molecule has 3 rings (SSSR count). The fourth-order valence-corrected chi connectivity index (χ4v) is 3.67. The van der Waals surface area contributed by atoms with E-state index in [1.165, 1.54) is 5.57 Å². The van der Waals surface area contributed by atoms with Gasteiger partial charge in [-0.2, -0.15) is 0 Å². The van der Waals surface area contributed by atoms with E-state index in [9.17, 15) is 9.90 Å². The number of cyclic esters (lactones) is 1. The molecule has 1 aliphatic heterocycles. The molecule has 0 unspecified atom stereocenters. The van der Waals surface area contributed by atoms with Gasteiger partial charge in [-0.1, -0.05) is 25.5 Å². The van der Waals surface area contributed by atoms with Gasteiger partial charge >= 0.3 is 5.97 Å². The lowest BCUT2D eigenvalue weighted by Gasteiger charge is -2.31. The van der Waals surface area contributed by atoms with Gasteiger partial charge in [0.25, 0.3) is 0 Å². The predicted octanol–water partition coefficient (Wildman–Crippen LogP) is 2.36. The number of aliphatic hydroxyl groups is 1. The van der Waals surface area contributed by atoms with Crippen LogP contribution in [0.25, 0.3) is 0 Å². The van der Waals surface area contributed by atoms with E-state index in [0.717, 1.165) is 18.4 Å². The van der Waals surface area contributed by atoms with Crippen LogP contribution in [0.5, 0.6) is 0 Å². The van der Waals surface area contributed by atoms with E-state index >= 15 is 0 Å². The van der Waals surface area contributed by atoms with Crippen LogP contribution in [-0.2, 0) is 9.53 Å². The number of hydrogen-bond acceptors (Lipinski definition) is 3. The molecule has 1 saturated carbocycles. The highest BCUT2D eigenvalue weighted by Gasteiger charge is 2.47. The van der Waals surface area contributed by atoms with Crippen LogP contribution in [0.15, 0.2) is 22.8 Å². The molecule has 18 heavy (non-hydrogen) atoms. The number of ether oxygens (including phenoxy) is 1. The fourth-order valence-electron chi connectivity index (χ4n) is 3.67. The van der Waals surface area contributed by atoms with Gasteiger partial charge in [-0.25, -0.2) is 4.79 Å². The van der Waals surface area contributed by atoms with Gasteiger partial charge < -0.3 is 9.84 Å². The molecule has 1 heterocycles. The van der Waals surface area contributed by atoms with Crippen molar-refractivity contribution in [2.75, 3.05) is 6.61 Å². The lowest BCUT2D eigenvalue weighted by Crippen LogP contribution is -2.35. The molecule has 0 amide bonds. The summed E-state index contributed by atoms with van der Waals surface area (Å²) in [7, 11) is 0. The van der Waals surface area contributed by atoms with Gasteiger partial charge in [0.2, 0.25) is 0 Å². The molecule has 0 spiro atoms. The highest BCUT2D eigenvalue weighted by atomic mass is 16.5. The number of fused-ring (bicyclic) bond motifs is 1. The Labute approximate surface area is 108 Å². The molecular formula is C15H20O3. The van der Waals surface area contributed by atoms with Crippen LogP contribution in [0.4, 0.5) is 0 Å². The minimum atomic E-state index is -0.833. The molecule has 3 nitrogen and oxygen atoms in total. The molecule has 0 saturated heterocycles. The summed E-state index contributed by atoms with van der Waals surface area (Å²) < 4.78 is 5.08. The molecule has 0 bridgehead atoms. The summed E-state index contributed by atoms with van der Waals surface area (Å²) >= 11 is 0. The first-order valence-corrected chi connectivity index (χ1v) is 6.60. The fraction of sp³-hybridized carbons (Fsp3) is 0.667. The van der Waals surface area contributed by atoms with Gasteiger partial charge in [0.1, 0.15) is 6.61 Å². The monoisotopic (exact) mass is 248 g/mol. The van der Waals surface area contributed by atoms with Crippen LogP contribution < -0.4 is 0 Å². The molecule has 1 N–H and O–H groups in total. The molecule has 2 atom stereocenters. The smallest absolute Gasteiger partial charge is 0.334 e. The van der Waals surface area contributed by atoms with Crippen molar-refractivity contribution in [3.8, 4) is 0 Å². The number of carbonyl (C=O) groups is 1. The second kappa shape index (κ2) is 3.47. The molecule has 2 aliphatic carbocycles. The van der Waals surface area contributed by atoms with Crippen LogP contribution in [0.1, 0.15) is 40.0 Å². The van der Waals surface area contributed by atoms with Crippen molar-refractivity contribution in [3.63, 3.8) is 0 Å². The van der Waals surface area contributed by atoms with Crippen molar-refractivity contribution < 1.29 is 14.6 Å². The first kappa shape index (κ1) is 12.0. The Bertz CT molecular complexity index is 480. The maximum Gasteiger partial charge on any atom is 0.334 e. The second-order valence-electron chi connectivity index (χ2n) is 6.93. The molecule has 0 radical (unpaired) electrons. The van der Waals surface area contributed by atoms with Crippen LogP contribution in [0.2, 0.25) is 0 Å². The van der Waals surface area contributed by atoms with E-state index in [1.807, 2.05) is 6.92 Å². The summed E-state index contributed by atoms with van der Waals surface area (Å²) in [5, 5.41) is 10.7. The highest BCUT2D eigenvalue weighted by Crippen LogP contribution is 2.52. The number of carbonyl (C=O) groups excluding carboxylic acids is 1. The average Bonchev–Trinajstić information content (AvgIpc) is 2.69. The van der Waals surface area contributed by atoms with Crippen molar-refractivity contribution in [2.45, 2.75) is 45.6 Å². The Hall–Kier alpha value is -1.09. The van der Waals surface area contributed by atoms with E-state index < -0.39 is 5.60 Å². The SMILES string of the molecule is CC1(C)CC2=CC3=C(C[C@](C)(O)[C@H]2C1)C(=O)OC3. The first-order valence-electron chi connectivity index (χ1n) is 6.60. The Kier molecular flexibility index (Phi) is 2.31. The van der Waals surface area contributed by atoms with Crippen LogP contribution in [0, 0.1) is 11.3 Å². The summed E-state index contributed by atoms with van der Waals surface area (Å²) in [5.74, 6) is -0.0766. The Morgan fingerprint density at radius 3 is 2.78 bits per heavy atom. The molecule has 3 heteroatoms. The van der Waals surface area contributed by atoms with Gasteiger partial charge in [-0.15, -0.1) is 0 Å². The van der Waals surface area contributed by atoms with Gasteiger partial charge in [-0.05, 0) is 30.8 Å². The zero-order valence-electron chi connectivity index (χ0n) is 11.2. The Balaban J connectivity index is 2.07. The normalized spacial score (nSPS) is 37.9. The zero-order valence-corrected chi connectivity index (χ0v) is 11.2. The van der Waals surface area contributed by atoms with Crippen LogP contribution in [0.3, 0.4) is 0 Å².